The number of hydrogen-bond acceptors (Lipinski definition) is 0. The number of rotatable bonds is 1. The molecule has 0 heterocycles. The molecule has 1 aromatic carbocycles. The van der Waals surface area contributed by atoms with E-state index in [-0.39, 0.29) is 0 Å². The van der Waals surface area contributed by atoms with E-state index in [0.717, 1.165) is 10.9 Å². The Kier molecular flexibility index (Phi) is 3.54. The van der Waals surface area contributed by atoms with E-state index >= 15 is 0 Å². The smallest absolute Gasteiger partial charge is 0.0435 e. The van der Waals surface area contributed by atoms with Crippen molar-refractivity contribution in [2.24, 2.45) is 5.92 Å². The minimum Gasteiger partial charge on any atom is -0.0841 e. The normalized spacial score (nSPS) is 26.5. The largest absolute Gasteiger partial charge is 0.0841 e. The van der Waals surface area contributed by atoms with Crippen molar-refractivity contribution < 1.29 is 0 Å². The van der Waals surface area contributed by atoms with E-state index in [1.165, 1.54) is 36.8 Å². The highest BCUT2D eigenvalue weighted by molar-refractivity contribution is 6.31. The molecule has 3 rings (SSSR count). The van der Waals surface area contributed by atoms with Gasteiger partial charge in [0.15, 0.2) is 0 Å². The van der Waals surface area contributed by atoms with E-state index in [1.807, 2.05) is 0 Å². The minimum absolute atomic E-state index is 0.582. The highest BCUT2D eigenvalue weighted by Gasteiger charge is 2.29. The van der Waals surface area contributed by atoms with Crippen molar-refractivity contribution in [2.45, 2.75) is 45.4 Å². The third kappa shape index (κ3) is 2.39. The maximum atomic E-state index is 6.15. The molecule has 0 spiro atoms. The zero-order valence-electron chi connectivity index (χ0n) is 11.7. The van der Waals surface area contributed by atoms with Gasteiger partial charge in [0.2, 0.25) is 0 Å². The molecule has 2 aliphatic rings. The van der Waals surface area contributed by atoms with Gasteiger partial charge in [-0.3, -0.25) is 0 Å². The van der Waals surface area contributed by atoms with E-state index in [2.05, 4.69) is 44.2 Å². The van der Waals surface area contributed by atoms with Gasteiger partial charge in [0.1, 0.15) is 0 Å². The number of benzene rings is 1. The number of fused-ring (bicyclic) bond motifs is 1. The Hall–Kier alpha value is -1.01. The van der Waals surface area contributed by atoms with E-state index in [9.17, 15) is 0 Å². The molecule has 100 valence electrons. The summed E-state index contributed by atoms with van der Waals surface area (Å²) in [7, 11) is 0. The van der Waals surface area contributed by atoms with Crippen molar-refractivity contribution in [1.29, 1.82) is 0 Å². The highest BCUT2D eigenvalue weighted by atomic mass is 35.5. The quantitative estimate of drug-likeness (QED) is 0.605. The van der Waals surface area contributed by atoms with Gasteiger partial charge in [-0.15, -0.1) is 0 Å². The molecule has 0 radical (unpaired) electrons. The SMILES string of the molecule is Cc1cc(C2CCC(C)C3=CCCC=C32)ccc1Cl. The highest BCUT2D eigenvalue weighted by Crippen LogP contribution is 2.45. The molecule has 0 saturated heterocycles. The van der Waals surface area contributed by atoms with Crippen LogP contribution in [0.25, 0.3) is 0 Å². The Labute approximate surface area is 121 Å². The predicted octanol–water partition coefficient (Wildman–Crippen LogP) is 5.81. The van der Waals surface area contributed by atoms with Gasteiger partial charge in [0, 0.05) is 10.9 Å². The summed E-state index contributed by atoms with van der Waals surface area (Å²) in [6, 6.07) is 6.54. The standard InChI is InChI=1S/C18H21Cl/c1-12-7-9-16(17-6-4-3-5-15(12)17)14-8-10-18(19)13(2)11-14/h5-6,8,10-12,16H,3-4,7,9H2,1-2H3. The molecule has 2 aliphatic carbocycles. The van der Waals surface area contributed by atoms with Crippen LogP contribution in [0.3, 0.4) is 0 Å². The number of halogens is 1. The topological polar surface area (TPSA) is 0 Å². The number of allylic oxidation sites excluding steroid dienone is 4. The van der Waals surface area contributed by atoms with Crippen LogP contribution in [-0.2, 0) is 0 Å². The summed E-state index contributed by atoms with van der Waals surface area (Å²) in [6.07, 6.45) is 9.93. The van der Waals surface area contributed by atoms with Crippen LogP contribution in [0.4, 0.5) is 0 Å². The summed E-state index contributed by atoms with van der Waals surface area (Å²) in [5.41, 5.74) is 5.83. The van der Waals surface area contributed by atoms with Gasteiger partial charge in [-0.25, -0.2) is 0 Å². The molecule has 0 N–H and O–H groups in total. The first-order chi connectivity index (χ1) is 9.16. The second kappa shape index (κ2) is 5.17. The second-order valence-electron chi connectivity index (χ2n) is 5.94. The summed E-state index contributed by atoms with van der Waals surface area (Å²) in [5, 5.41) is 0.876. The molecule has 1 heteroatoms. The first-order valence-corrected chi connectivity index (χ1v) is 7.71. The molecule has 1 fully saturated rings. The van der Waals surface area contributed by atoms with Crippen molar-refractivity contribution >= 4 is 11.6 Å². The van der Waals surface area contributed by atoms with Gasteiger partial charge < -0.3 is 0 Å². The molecule has 0 aliphatic heterocycles. The van der Waals surface area contributed by atoms with Gasteiger partial charge >= 0.3 is 0 Å². The van der Waals surface area contributed by atoms with Gasteiger partial charge in [-0.2, -0.15) is 0 Å². The monoisotopic (exact) mass is 272 g/mol. The molecule has 19 heavy (non-hydrogen) atoms. The molecule has 0 bridgehead atoms. The maximum Gasteiger partial charge on any atom is 0.0435 e. The Morgan fingerprint density at radius 2 is 1.79 bits per heavy atom. The van der Waals surface area contributed by atoms with Crippen LogP contribution in [0.15, 0.2) is 41.5 Å². The van der Waals surface area contributed by atoms with Gasteiger partial charge in [-0.1, -0.05) is 42.8 Å². The van der Waals surface area contributed by atoms with Crippen LogP contribution in [0.1, 0.15) is 49.7 Å². The van der Waals surface area contributed by atoms with Crippen LogP contribution in [0, 0.1) is 12.8 Å². The summed E-state index contributed by atoms with van der Waals surface area (Å²) in [5.74, 6) is 1.31. The molecular formula is C18H21Cl. The van der Waals surface area contributed by atoms with E-state index in [1.54, 1.807) is 11.1 Å². The first-order valence-electron chi connectivity index (χ1n) is 7.33. The lowest BCUT2D eigenvalue weighted by Crippen LogP contribution is -2.19. The number of hydrogen-bond donors (Lipinski definition) is 0. The Bertz CT molecular complexity index is 551. The third-order valence-corrected chi connectivity index (χ3v) is 5.03. The summed E-state index contributed by atoms with van der Waals surface area (Å²) >= 11 is 6.15. The lowest BCUT2D eigenvalue weighted by atomic mass is 9.70. The van der Waals surface area contributed by atoms with E-state index in [0.29, 0.717) is 5.92 Å². The molecule has 0 nitrogen and oxygen atoms in total. The first kappa shape index (κ1) is 13.0. The van der Waals surface area contributed by atoms with Crippen LogP contribution >= 0.6 is 11.6 Å². The third-order valence-electron chi connectivity index (χ3n) is 4.61. The lowest BCUT2D eigenvalue weighted by Gasteiger charge is -2.34. The fraction of sp³-hybridized carbons (Fsp3) is 0.444. The van der Waals surface area contributed by atoms with Crippen molar-refractivity contribution in [2.75, 3.05) is 0 Å². The van der Waals surface area contributed by atoms with Gasteiger partial charge in [-0.05, 0) is 66.9 Å². The number of aryl methyl sites for hydroxylation is 1. The lowest BCUT2D eigenvalue weighted by molar-refractivity contribution is 0.493. The van der Waals surface area contributed by atoms with Crippen molar-refractivity contribution in [1.82, 2.24) is 0 Å². The zero-order valence-corrected chi connectivity index (χ0v) is 12.5. The van der Waals surface area contributed by atoms with E-state index in [4.69, 9.17) is 11.6 Å². The van der Waals surface area contributed by atoms with Crippen molar-refractivity contribution in [3.63, 3.8) is 0 Å². The average Bonchev–Trinajstić information content (AvgIpc) is 2.43. The fourth-order valence-electron chi connectivity index (χ4n) is 3.50. The maximum absolute atomic E-state index is 6.15. The summed E-state index contributed by atoms with van der Waals surface area (Å²) in [6.45, 7) is 4.47. The van der Waals surface area contributed by atoms with Crippen LogP contribution < -0.4 is 0 Å². The minimum atomic E-state index is 0.582. The molecule has 2 unspecified atom stereocenters. The predicted molar refractivity (Wildman–Crippen MR) is 82.7 cm³/mol. The van der Waals surface area contributed by atoms with Crippen molar-refractivity contribution in [3.8, 4) is 0 Å². The van der Waals surface area contributed by atoms with Crippen molar-refractivity contribution in [3.05, 3.63) is 57.6 Å². The van der Waals surface area contributed by atoms with Gasteiger partial charge in [0.05, 0.1) is 0 Å². The van der Waals surface area contributed by atoms with Crippen LogP contribution in [0.2, 0.25) is 5.02 Å². The Balaban J connectivity index is 1.98. The Morgan fingerprint density at radius 3 is 2.53 bits per heavy atom. The Morgan fingerprint density at radius 1 is 1.05 bits per heavy atom. The molecular weight excluding hydrogens is 252 g/mol. The molecule has 0 amide bonds. The van der Waals surface area contributed by atoms with Gasteiger partial charge in [0.25, 0.3) is 0 Å². The fourth-order valence-corrected chi connectivity index (χ4v) is 3.62. The molecule has 1 aromatic rings. The summed E-state index contributed by atoms with van der Waals surface area (Å²) < 4.78 is 0. The van der Waals surface area contributed by atoms with Crippen LogP contribution in [-0.4, -0.2) is 0 Å². The second-order valence-corrected chi connectivity index (χ2v) is 6.34. The zero-order chi connectivity index (χ0) is 13.4. The molecule has 0 aromatic heterocycles. The summed E-state index contributed by atoms with van der Waals surface area (Å²) in [4.78, 5) is 0. The van der Waals surface area contributed by atoms with Crippen LogP contribution in [0.5, 0.6) is 0 Å². The average molecular weight is 273 g/mol. The molecule has 1 saturated carbocycles. The van der Waals surface area contributed by atoms with E-state index < -0.39 is 0 Å². The molecule has 2 atom stereocenters.